The van der Waals surface area contributed by atoms with Crippen molar-refractivity contribution in [1.29, 1.82) is 0 Å². The van der Waals surface area contributed by atoms with Gasteiger partial charge in [-0.3, -0.25) is 0 Å². The Bertz CT molecular complexity index is 463. The van der Waals surface area contributed by atoms with Gasteiger partial charge in [0.1, 0.15) is 0 Å². The molecule has 1 aliphatic carbocycles. The van der Waals surface area contributed by atoms with Gasteiger partial charge in [0, 0.05) is 10.6 Å². The molecule has 0 amide bonds. The number of benzene rings is 1. The molecule has 0 aliphatic heterocycles. The number of thiazole rings is 1. The molecule has 2 atom stereocenters. The number of fused-ring (bicyclic) bond motifs is 1. The Morgan fingerprint density at radius 1 is 1.31 bits per heavy atom. The second kappa shape index (κ2) is 4.55. The van der Waals surface area contributed by atoms with Gasteiger partial charge in [0.25, 0.3) is 0 Å². The molecular formula is C12H12ClNS2. The van der Waals surface area contributed by atoms with E-state index in [1.165, 1.54) is 21.9 Å². The van der Waals surface area contributed by atoms with Gasteiger partial charge in [0.15, 0.2) is 4.34 Å². The Balaban J connectivity index is 1.83. The molecule has 1 heterocycles. The standard InChI is InChI=1S/C12H12ClNS2/c13-8-4-3-7-10(8)15-12-14-9-5-1-2-6-11(9)16-12/h1-2,5-6,8,10H,3-4,7H2. The third-order valence-electron chi connectivity index (χ3n) is 2.90. The van der Waals surface area contributed by atoms with Crippen LogP contribution in [-0.4, -0.2) is 15.6 Å². The molecule has 1 nitrogen and oxygen atoms in total. The summed E-state index contributed by atoms with van der Waals surface area (Å²) in [6.45, 7) is 0. The van der Waals surface area contributed by atoms with Gasteiger partial charge in [-0.25, -0.2) is 4.98 Å². The van der Waals surface area contributed by atoms with E-state index in [0.29, 0.717) is 10.6 Å². The normalized spacial score (nSPS) is 25.3. The molecule has 1 aromatic carbocycles. The summed E-state index contributed by atoms with van der Waals surface area (Å²) in [6, 6.07) is 8.30. The number of para-hydroxylation sites is 1. The Morgan fingerprint density at radius 2 is 2.19 bits per heavy atom. The van der Waals surface area contributed by atoms with Crippen molar-refractivity contribution < 1.29 is 0 Å². The highest BCUT2D eigenvalue weighted by atomic mass is 35.5. The van der Waals surface area contributed by atoms with Crippen molar-refractivity contribution in [2.24, 2.45) is 0 Å². The van der Waals surface area contributed by atoms with E-state index in [9.17, 15) is 0 Å². The highest BCUT2D eigenvalue weighted by molar-refractivity contribution is 8.01. The van der Waals surface area contributed by atoms with Crippen molar-refractivity contribution in [3.8, 4) is 0 Å². The summed E-state index contributed by atoms with van der Waals surface area (Å²) in [5, 5.41) is 0.888. The predicted octanol–water partition coefficient (Wildman–Crippen LogP) is 4.55. The summed E-state index contributed by atoms with van der Waals surface area (Å²) in [4.78, 5) is 4.63. The Hall–Kier alpha value is -0.250. The van der Waals surface area contributed by atoms with E-state index in [4.69, 9.17) is 11.6 Å². The predicted molar refractivity (Wildman–Crippen MR) is 72.8 cm³/mol. The summed E-state index contributed by atoms with van der Waals surface area (Å²) >= 11 is 9.92. The summed E-state index contributed by atoms with van der Waals surface area (Å²) < 4.78 is 2.44. The van der Waals surface area contributed by atoms with Gasteiger partial charge in [-0.1, -0.05) is 30.3 Å². The first-order chi connectivity index (χ1) is 7.83. The second-order valence-electron chi connectivity index (χ2n) is 4.05. The number of aromatic nitrogens is 1. The molecule has 1 aromatic heterocycles. The number of halogens is 1. The van der Waals surface area contributed by atoms with Crippen LogP contribution in [0.2, 0.25) is 0 Å². The third kappa shape index (κ3) is 2.08. The fourth-order valence-corrected chi connectivity index (χ4v) is 4.99. The van der Waals surface area contributed by atoms with Gasteiger partial charge in [-0.05, 0) is 25.0 Å². The van der Waals surface area contributed by atoms with Crippen molar-refractivity contribution in [1.82, 2.24) is 4.98 Å². The molecule has 2 unspecified atom stereocenters. The van der Waals surface area contributed by atoms with Gasteiger partial charge >= 0.3 is 0 Å². The summed E-state index contributed by atoms with van der Waals surface area (Å²) in [7, 11) is 0. The van der Waals surface area contributed by atoms with Crippen molar-refractivity contribution in [3.63, 3.8) is 0 Å². The summed E-state index contributed by atoms with van der Waals surface area (Å²) in [5.74, 6) is 0. The molecule has 1 saturated carbocycles. The van der Waals surface area contributed by atoms with E-state index in [1.54, 1.807) is 11.3 Å². The zero-order valence-electron chi connectivity index (χ0n) is 8.73. The molecule has 84 valence electrons. The minimum Gasteiger partial charge on any atom is -0.230 e. The van der Waals surface area contributed by atoms with E-state index in [2.05, 4.69) is 23.2 Å². The maximum absolute atomic E-state index is 6.28. The number of hydrogen-bond acceptors (Lipinski definition) is 3. The number of nitrogens with zero attached hydrogens (tertiary/aromatic N) is 1. The van der Waals surface area contributed by atoms with Crippen LogP contribution in [0.15, 0.2) is 28.6 Å². The molecular weight excluding hydrogens is 258 g/mol. The first-order valence-electron chi connectivity index (χ1n) is 5.49. The van der Waals surface area contributed by atoms with Gasteiger partial charge in [-0.15, -0.1) is 22.9 Å². The van der Waals surface area contributed by atoms with Crippen LogP contribution in [-0.2, 0) is 0 Å². The Morgan fingerprint density at radius 3 is 2.94 bits per heavy atom. The largest absolute Gasteiger partial charge is 0.230 e. The van der Waals surface area contributed by atoms with E-state index in [1.807, 2.05) is 17.8 Å². The monoisotopic (exact) mass is 269 g/mol. The maximum Gasteiger partial charge on any atom is 0.151 e. The topological polar surface area (TPSA) is 12.9 Å². The van der Waals surface area contributed by atoms with Gasteiger partial charge in [0.2, 0.25) is 0 Å². The molecule has 16 heavy (non-hydrogen) atoms. The minimum absolute atomic E-state index is 0.331. The second-order valence-corrected chi connectivity index (χ2v) is 7.13. The highest BCUT2D eigenvalue weighted by Crippen LogP contribution is 2.40. The smallest absolute Gasteiger partial charge is 0.151 e. The van der Waals surface area contributed by atoms with Gasteiger partial charge in [0.05, 0.1) is 10.2 Å². The molecule has 1 fully saturated rings. The Kier molecular flexibility index (Phi) is 3.09. The van der Waals surface area contributed by atoms with E-state index in [-0.39, 0.29) is 0 Å². The molecule has 0 radical (unpaired) electrons. The van der Waals surface area contributed by atoms with Crippen LogP contribution in [0.5, 0.6) is 0 Å². The third-order valence-corrected chi connectivity index (χ3v) is 6.10. The average Bonchev–Trinajstić information content (AvgIpc) is 2.85. The summed E-state index contributed by atoms with van der Waals surface area (Å²) in [6.07, 6.45) is 3.65. The fraction of sp³-hybridized carbons (Fsp3) is 0.417. The molecule has 1 aliphatic rings. The average molecular weight is 270 g/mol. The van der Waals surface area contributed by atoms with Crippen LogP contribution in [0.25, 0.3) is 10.2 Å². The van der Waals surface area contributed by atoms with Gasteiger partial charge < -0.3 is 0 Å². The van der Waals surface area contributed by atoms with Gasteiger partial charge in [-0.2, -0.15) is 0 Å². The van der Waals surface area contributed by atoms with Crippen LogP contribution in [0.3, 0.4) is 0 Å². The first kappa shape index (κ1) is 10.9. The number of rotatable bonds is 2. The lowest BCUT2D eigenvalue weighted by Crippen LogP contribution is -2.08. The number of hydrogen-bond donors (Lipinski definition) is 0. The maximum atomic E-state index is 6.28. The van der Waals surface area contributed by atoms with E-state index < -0.39 is 0 Å². The van der Waals surface area contributed by atoms with Crippen LogP contribution in [0.4, 0.5) is 0 Å². The zero-order valence-corrected chi connectivity index (χ0v) is 11.1. The SMILES string of the molecule is ClC1CCCC1Sc1nc2ccccc2s1. The van der Waals surface area contributed by atoms with Crippen LogP contribution in [0.1, 0.15) is 19.3 Å². The molecule has 0 saturated heterocycles. The lowest BCUT2D eigenvalue weighted by atomic mass is 10.3. The van der Waals surface area contributed by atoms with Crippen LogP contribution < -0.4 is 0 Å². The number of alkyl halides is 1. The minimum atomic E-state index is 0.331. The molecule has 0 N–H and O–H groups in total. The van der Waals surface area contributed by atoms with Crippen molar-refractivity contribution in [2.75, 3.05) is 0 Å². The fourth-order valence-electron chi connectivity index (χ4n) is 2.04. The Labute approximate surface area is 108 Å². The lowest BCUT2D eigenvalue weighted by molar-refractivity contribution is 0.888. The number of thioether (sulfide) groups is 1. The van der Waals surface area contributed by atoms with Crippen LogP contribution >= 0.6 is 34.7 Å². The van der Waals surface area contributed by atoms with Crippen molar-refractivity contribution >= 4 is 44.9 Å². The molecule has 3 rings (SSSR count). The van der Waals surface area contributed by atoms with Crippen molar-refractivity contribution in [2.45, 2.75) is 34.2 Å². The van der Waals surface area contributed by atoms with E-state index >= 15 is 0 Å². The molecule has 4 heteroatoms. The highest BCUT2D eigenvalue weighted by Gasteiger charge is 2.27. The van der Waals surface area contributed by atoms with E-state index in [0.717, 1.165) is 11.9 Å². The zero-order chi connectivity index (χ0) is 11.0. The van der Waals surface area contributed by atoms with Crippen LogP contribution in [0, 0.1) is 0 Å². The molecule has 0 bridgehead atoms. The molecule has 0 spiro atoms. The molecule has 2 aromatic rings. The van der Waals surface area contributed by atoms with Crippen molar-refractivity contribution in [3.05, 3.63) is 24.3 Å². The lowest BCUT2D eigenvalue weighted by Gasteiger charge is -2.09. The summed E-state index contributed by atoms with van der Waals surface area (Å²) in [5.41, 5.74) is 1.11. The first-order valence-corrected chi connectivity index (χ1v) is 7.62. The quantitative estimate of drug-likeness (QED) is 0.742.